The number of ether oxygens (including phenoxy) is 1. The van der Waals surface area contributed by atoms with Crippen LogP contribution in [0.25, 0.3) is 0 Å². The molecule has 124 valence electrons. The summed E-state index contributed by atoms with van der Waals surface area (Å²) in [6, 6.07) is -0.0973. The summed E-state index contributed by atoms with van der Waals surface area (Å²) < 4.78 is 31.8. The van der Waals surface area contributed by atoms with Gasteiger partial charge < -0.3 is 15.6 Å². The molecule has 0 bridgehead atoms. The van der Waals surface area contributed by atoms with E-state index in [2.05, 4.69) is 4.74 Å². The zero-order chi connectivity index (χ0) is 16.4. The van der Waals surface area contributed by atoms with E-state index in [1.807, 2.05) is 0 Å². The quantitative estimate of drug-likeness (QED) is 0.482. The van der Waals surface area contributed by atoms with Gasteiger partial charge in [0, 0.05) is 11.1 Å². The normalized spacial score (nSPS) is 12.2. The number of benzene rings is 1. The molecule has 0 aliphatic rings. The summed E-state index contributed by atoms with van der Waals surface area (Å²) in [5.74, 6) is -6.98. The zero-order valence-corrected chi connectivity index (χ0v) is 12.5. The number of esters is 1. The summed E-state index contributed by atoms with van der Waals surface area (Å²) in [4.78, 5) is 21.1. The van der Waals surface area contributed by atoms with Crippen molar-refractivity contribution in [1.82, 2.24) is 0 Å². The number of halogens is 3. The second-order valence-corrected chi connectivity index (χ2v) is 4.25. The van der Waals surface area contributed by atoms with Gasteiger partial charge in [0.1, 0.15) is 6.04 Å². The van der Waals surface area contributed by atoms with Crippen molar-refractivity contribution in [3.05, 3.63) is 33.4 Å². The first kappa shape index (κ1) is 20.0. The maximum absolute atomic E-state index is 13.8. The highest BCUT2D eigenvalue weighted by molar-refractivity contribution is 5.85. The number of carbonyl (C=O) groups excluding carboxylic acids is 1. The van der Waals surface area contributed by atoms with Crippen LogP contribution in [0.3, 0.4) is 0 Å². The molecule has 0 saturated carbocycles. The number of nitrogens with zero attached hydrogens (tertiary/aromatic N) is 1. The zero-order valence-electron chi connectivity index (χ0n) is 11.7. The number of aryl methyl sites for hydroxylation is 1. The number of nitro groups is 1. The molecule has 0 fully saturated rings. The lowest BCUT2D eigenvalue weighted by Gasteiger charge is -2.22. The van der Waals surface area contributed by atoms with Gasteiger partial charge in [-0.25, -0.2) is 4.79 Å². The molecule has 1 atom stereocenters. The largest absolute Gasteiger partial charge is 0.502 e. The first-order valence-corrected chi connectivity index (χ1v) is 5.92. The van der Waals surface area contributed by atoms with Gasteiger partial charge in [-0.15, -0.1) is 12.4 Å². The number of hydrogen-bond donors (Lipinski definition) is 2. The lowest BCUT2D eigenvalue weighted by atomic mass is 9.98. The molecular weight excluding hydrogens is 326 g/mol. The third kappa shape index (κ3) is 3.60. The van der Waals surface area contributed by atoms with Crippen LogP contribution < -0.4 is 5.73 Å². The van der Waals surface area contributed by atoms with Gasteiger partial charge in [-0.2, -0.15) is 8.78 Å². The Labute approximate surface area is 130 Å². The fourth-order valence-corrected chi connectivity index (χ4v) is 1.73. The molecule has 7 nitrogen and oxygen atoms in total. The van der Waals surface area contributed by atoms with Gasteiger partial charge in [0.15, 0.2) is 5.75 Å². The Morgan fingerprint density at radius 2 is 2.09 bits per heavy atom. The predicted molar refractivity (Wildman–Crippen MR) is 75.3 cm³/mol. The van der Waals surface area contributed by atoms with Crippen LogP contribution in [0.2, 0.25) is 0 Å². The summed E-state index contributed by atoms with van der Waals surface area (Å²) >= 11 is 0. The number of phenols is 1. The van der Waals surface area contributed by atoms with Gasteiger partial charge >= 0.3 is 17.6 Å². The van der Waals surface area contributed by atoms with E-state index >= 15 is 0 Å². The Morgan fingerprint density at radius 1 is 1.55 bits per heavy atom. The molecule has 0 radical (unpaired) electrons. The third-order valence-electron chi connectivity index (χ3n) is 2.84. The maximum atomic E-state index is 13.8. The third-order valence-corrected chi connectivity index (χ3v) is 2.84. The molecule has 1 rings (SSSR count). The highest BCUT2D eigenvalue weighted by Gasteiger charge is 2.49. The van der Waals surface area contributed by atoms with Gasteiger partial charge in [-0.3, -0.25) is 10.1 Å². The highest BCUT2D eigenvalue weighted by Crippen LogP contribution is 2.40. The lowest BCUT2D eigenvalue weighted by molar-refractivity contribution is -0.386. The molecule has 1 aromatic carbocycles. The van der Waals surface area contributed by atoms with E-state index in [4.69, 9.17) is 5.73 Å². The van der Waals surface area contributed by atoms with Crippen LogP contribution in [0.1, 0.15) is 24.1 Å². The van der Waals surface area contributed by atoms with Crippen molar-refractivity contribution >= 4 is 24.1 Å². The minimum Gasteiger partial charge on any atom is -0.502 e. The fourth-order valence-electron chi connectivity index (χ4n) is 1.73. The average Bonchev–Trinajstić information content (AvgIpc) is 2.38. The van der Waals surface area contributed by atoms with Crippen molar-refractivity contribution in [1.29, 1.82) is 0 Å². The molecule has 22 heavy (non-hydrogen) atoms. The number of phenolic OH excluding ortho intramolecular Hbond substituents is 1. The second-order valence-electron chi connectivity index (χ2n) is 4.25. The predicted octanol–water partition coefficient (Wildman–Crippen LogP) is 2.23. The van der Waals surface area contributed by atoms with E-state index in [1.54, 1.807) is 0 Å². The van der Waals surface area contributed by atoms with Crippen LogP contribution in [0.15, 0.2) is 12.1 Å². The summed E-state index contributed by atoms with van der Waals surface area (Å²) in [5, 5.41) is 20.6. The highest BCUT2D eigenvalue weighted by atomic mass is 35.5. The van der Waals surface area contributed by atoms with Gasteiger partial charge in [-0.1, -0.05) is 12.1 Å². The number of nitro benzene ring substituents is 1. The minimum absolute atomic E-state index is 0. The Hall–Kier alpha value is -2.00. The van der Waals surface area contributed by atoms with Crippen LogP contribution in [-0.4, -0.2) is 28.5 Å². The molecule has 0 spiro atoms. The topological polar surface area (TPSA) is 116 Å². The minimum atomic E-state index is -4.13. The number of hydrogen-bond acceptors (Lipinski definition) is 6. The van der Waals surface area contributed by atoms with Crippen LogP contribution in [0, 0.1) is 17.0 Å². The van der Waals surface area contributed by atoms with E-state index in [1.165, 1.54) is 13.8 Å². The SMILES string of the molecule is CCOC(=O)C(F)(F)[C@H](N)c1ccc(C)c([N+](=O)[O-])c1O.Cl. The average molecular weight is 341 g/mol. The van der Waals surface area contributed by atoms with Crippen molar-refractivity contribution in [2.75, 3.05) is 6.61 Å². The first-order valence-electron chi connectivity index (χ1n) is 5.92. The maximum Gasteiger partial charge on any atom is 0.379 e. The summed E-state index contributed by atoms with van der Waals surface area (Å²) in [5.41, 5.74) is 4.03. The van der Waals surface area contributed by atoms with Crippen molar-refractivity contribution in [2.45, 2.75) is 25.8 Å². The number of rotatable bonds is 5. The number of aromatic hydroxyl groups is 1. The fraction of sp³-hybridized carbons (Fsp3) is 0.417. The van der Waals surface area contributed by atoms with Crippen molar-refractivity contribution in [3.8, 4) is 5.75 Å². The summed E-state index contributed by atoms with van der Waals surface area (Å²) in [7, 11) is 0. The molecule has 0 aliphatic heterocycles. The molecule has 3 N–H and O–H groups in total. The summed E-state index contributed by atoms with van der Waals surface area (Å²) in [6.07, 6.45) is 0. The Kier molecular flexibility index (Phi) is 6.65. The van der Waals surface area contributed by atoms with E-state index in [0.29, 0.717) is 0 Å². The van der Waals surface area contributed by atoms with Crippen molar-refractivity contribution < 1.29 is 28.3 Å². The molecule has 0 heterocycles. The van der Waals surface area contributed by atoms with Crippen LogP contribution >= 0.6 is 12.4 Å². The van der Waals surface area contributed by atoms with Gasteiger partial charge in [0.25, 0.3) is 0 Å². The van der Waals surface area contributed by atoms with Gasteiger partial charge in [0.2, 0.25) is 0 Å². The van der Waals surface area contributed by atoms with Gasteiger partial charge in [0.05, 0.1) is 11.5 Å². The molecule has 0 aromatic heterocycles. The van der Waals surface area contributed by atoms with E-state index in [-0.39, 0.29) is 24.6 Å². The second kappa shape index (κ2) is 7.32. The first-order chi connectivity index (χ1) is 9.64. The van der Waals surface area contributed by atoms with E-state index in [0.717, 1.165) is 12.1 Å². The Balaban J connectivity index is 0.00000441. The molecule has 0 amide bonds. The number of carbonyl (C=O) groups is 1. The van der Waals surface area contributed by atoms with E-state index in [9.17, 15) is 28.8 Å². The Bertz CT molecular complexity index is 583. The molecule has 10 heteroatoms. The lowest BCUT2D eigenvalue weighted by Crippen LogP contribution is -2.41. The molecular formula is C12H15ClF2N2O5. The summed E-state index contributed by atoms with van der Waals surface area (Å²) in [6.45, 7) is 2.39. The van der Waals surface area contributed by atoms with Crippen LogP contribution in [0.5, 0.6) is 5.75 Å². The van der Waals surface area contributed by atoms with Crippen molar-refractivity contribution in [3.63, 3.8) is 0 Å². The van der Waals surface area contributed by atoms with Gasteiger partial charge in [-0.05, 0) is 13.8 Å². The van der Waals surface area contributed by atoms with Crippen LogP contribution in [-0.2, 0) is 9.53 Å². The van der Waals surface area contributed by atoms with Crippen molar-refractivity contribution in [2.24, 2.45) is 5.73 Å². The number of nitrogens with two attached hydrogens (primary N) is 1. The molecule has 1 aromatic rings. The monoisotopic (exact) mass is 340 g/mol. The standard InChI is InChI=1S/C12H14F2N2O5.ClH/c1-3-21-11(18)12(13,14)10(15)7-5-4-6(2)8(9(7)17)16(19)20;/h4-5,10,17H,3,15H2,1-2H3;1H/t10-;/m1./s1. The smallest absolute Gasteiger partial charge is 0.379 e. The molecule has 0 unspecified atom stereocenters. The van der Waals surface area contributed by atoms with Crippen LogP contribution in [0.4, 0.5) is 14.5 Å². The number of alkyl halides is 2. The molecule has 0 aliphatic carbocycles. The molecule has 0 saturated heterocycles. The Morgan fingerprint density at radius 3 is 2.55 bits per heavy atom. The van der Waals surface area contributed by atoms with E-state index < -0.39 is 39.9 Å².